The lowest BCUT2D eigenvalue weighted by Gasteiger charge is -2.20. The van der Waals surface area contributed by atoms with Gasteiger partial charge in [-0.2, -0.15) is 0 Å². The number of ether oxygens (including phenoxy) is 1. The zero-order chi connectivity index (χ0) is 12.6. The highest BCUT2D eigenvalue weighted by atomic mass is 16.6. The molecule has 0 bridgehead atoms. The van der Waals surface area contributed by atoms with Crippen LogP contribution in [0.1, 0.15) is 52.9 Å². The Morgan fingerprint density at radius 3 is 2.24 bits per heavy atom. The van der Waals surface area contributed by atoms with Gasteiger partial charge in [-0.3, -0.25) is 9.59 Å². The lowest BCUT2D eigenvalue weighted by atomic mass is 9.99. The molecule has 0 spiro atoms. The first-order valence-electron chi connectivity index (χ1n) is 6.57. The third-order valence-corrected chi connectivity index (χ3v) is 3.79. The molecule has 0 aromatic rings. The molecule has 2 aliphatic rings. The summed E-state index contributed by atoms with van der Waals surface area (Å²) in [6, 6.07) is 0. The summed E-state index contributed by atoms with van der Waals surface area (Å²) in [6.45, 7) is 5.69. The van der Waals surface area contributed by atoms with Crippen molar-refractivity contribution < 1.29 is 14.3 Å². The van der Waals surface area contributed by atoms with E-state index in [2.05, 4.69) is 0 Å². The summed E-state index contributed by atoms with van der Waals surface area (Å²) in [4.78, 5) is 23.0. The van der Waals surface area contributed by atoms with Gasteiger partial charge in [0.15, 0.2) is 0 Å². The summed E-state index contributed by atoms with van der Waals surface area (Å²) in [6.07, 6.45) is 4.09. The third-order valence-electron chi connectivity index (χ3n) is 3.79. The van der Waals surface area contributed by atoms with Crippen molar-refractivity contribution in [1.29, 1.82) is 0 Å². The van der Waals surface area contributed by atoms with Crippen LogP contribution in [0.15, 0.2) is 0 Å². The SMILES string of the molecule is CC(C)(C)OC(=O)CC1C[C@H]2CC(=O)C[C@@H]2C1. The van der Waals surface area contributed by atoms with Gasteiger partial charge in [0.25, 0.3) is 0 Å². The van der Waals surface area contributed by atoms with Gasteiger partial charge >= 0.3 is 5.97 Å². The first-order valence-corrected chi connectivity index (χ1v) is 6.57. The van der Waals surface area contributed by atoms with Crippen LogP contribution in [0.3, 0.4) is 0 Å². The molecule has 3 heteroatoms. The fourth-order valence-corrected chi connectivity index (χ4v) is 3.29. The summed E-state index contributed by atoms with van der Waals surface area (Å²) in [5.41, 5.74) is -0.387. The molecule has 0 heterocycles. The second-order valence-corrected chi connectivity index (χ2v) is 6.60. The predicted octanol–water partition coefficient (Wildman–Crippen LogP) is 2.72. The zero-order valence-electron chi connectivity index (χ0n) is 11.0. The number of carbonyl (C=O) groups excluding carboxylic acids is 2. The van der Waals surface area contributed by atoms with Gasteiger partial charge in [-0.1, -0.05) is 0 Å². The molecule has 0 radical (unpaired) electrons. The summed E-state index contributed by atoms with van der Waals surface area (Å²) in [5.74, 6) is 1.86. The Bertz CT molecular complexity index is 311. The van der Waals surface area contributed by atoms with Crippen molar-refractivity contribution in [2.45, 2.75) is 58.5 Å². The van der Waals surface area contributed by atoms with Crippen LogP contribution >= 0.6 is 0 Å². The number of esters is 1. The molecule has 2 atom stereocenters. The Labute approximate surface area is 103 Å². The molecule has 0 aliphatic heterocycles. The average Bonchev–Trinajstić information content (AvgIpc) is 2.56. The van der Waals surface area contributed by atoms with E-state index in [1.165, 1.54) is 0 Å². The van der Waals surface area contributed by atoms with Crippen molar-refractivity contribution in [3.05, 3.63) is 0 Å². The van der Waals surface area contributed by atoms with Gasteiger partial charge in [-0.15, -0.1) is 0 Å². The molecule has 0 aromatic carbocycles. The van der Waals surface area contributed by atoms with Gasteiger partial charge in [0.2, 0.25) is 0 Å². The summed E-state index contributed by atoms with van der Waals surface area (Å²) < 4.78 is 5.34. The number of Topliss-reactive ketones (excluding diaryl/α,β-unsaturated/α-hetero) is 1. The quantitative estimate of drug-likeness (QED) is 0.695. The van der Waals surface area contributed by atoms with Crippen LogP contribution in [-0.2, 0) is 14.3 Å². The van der Waals surface area contributed by atoms with Crippen LogP contribution in [-0.4, -0.2) is 17.4 Å². The number of ketones is 1. The molecule has 3 nitrogen and oxygen atoms in total. The molecule has 2 saturated carbocycles. The van der Waals surface area contributed by atoms with E-state index in [0.717, 1.165) is 25.7 Å². The maximum absolute atomic E-state index is 11.7. The Hall–Kier alpha value is -0.860. The van der Waals surface area contributed by atoms with Crippen molar-refractivity contribution in [1.82, 2.24) is 0 Å². The minimum absolute atomic E-state index is 0.0891. The van der Waals surface area contributed by atoms with E-state index < -0.39 is 0 Å². The molecule has 0 N–H and O–H groups in total. The van der Waals surface area contributed by atoms with Crippen LogP contribution in [0.4, 0.5) is 0 Å². The maximum Gasteiger partial charge on any atom is 0.306 e. The van der Waals surface area contributed by atoms with Crippen molar-refractivity contribution in [2.75, 3.05) is 0 Å². The molecule has 0 saturated heterocycles. The van der Waals surface area contributed by atoms with Crippen LogP contribution in [0.25, 0.3) is 0 Å². The Morgan fingerprint density at radius 1 is 1.24 bits per heavy atom. The topological polar surface area (TPSA) is 43.4 Å². The molecular formula is C14H22O3. The molecule has 2 fully saturated rings. The van der Waals surface area contributed by atoms with Crippen LogP contribution < -0.4 is 0 Å². The lowest BCUT2D eigenvalue weighted by Crippen LogP contribution is -2.25. The van der Waals surface area contributed by atoms with Crippen molar-refractivity contribution in [3.8, 4) is 0 Å². The second kappa shape index (κ2) is 4.43. The fourth-order valence-electron chi connectivity index (χ4n) is 3.29. The van der Waals surface area contributed by atoms with Gasteiger partial charge < -0.3 is 4.74 Å². The van der Waals surface area contributed by atoms with Crippen molar-refractivity contribution in [3.63, 3.8) is 0 Å². The fraction of sp³-hybridized carbons (Fsp3) is 0.857. The first-order chi connectivity index (χ1) is 7.83. The molecule has 96 valence electrons. The molecule has 0 aromatic heterocycles. The number of fused-ring (bicyclic) bond motifs is 1. The summed E-state index contributed by atoms with van der Waals surface area (Å²) in [7, 11) is 0. The van der Waals surface area contributed by atoms with Crippen molar-refractivity contribution in [2.24, 2.45) is 17.8 Å². The lowest BCUT2D eigenvalue weighted by molar-refractivity contribution is -0.155. The molecule has 2 aliphatic carbocycles. The normalized spacial score (nSPS) is 29.5. The van der Waals surface area contributed by atoms with E-state index in [9.17, 15) is 9.59 Å². The van der Waals surface area contributed by atoms with E-state index in [0.29, 0.717) is 30.0 Å². The Kier molecular flexibility index (Phi) is 3.28. The van der Waals surface area contributed by atoms with Gasteiger partial charge in [-0.05, 0) is 51.4 Å². The zero-order valence-corrected chi connectivity index (χ0v) is 11.0. The van der Waals surface area contributed by atoms with Crippen molar-refractivity contribution >= 4 is 11.8 Å². The molecule has 0 unspecified atom stereocenters. The molecular weight excluding hydrogens is 216 g/mol. The number of hydrogen-bond acceptors (Lipinski definition) is 3. The van der Waals surface area contributed by atoms with E-state index in [4.69, 9.17) is 4.74 Å². The smallest absolute Gasteiger partial charge is 0.306 e. The monoisotopic (exact) mass is 238 g/mol. The van der Waals surface area contributed by atoms with E-state index in [1.54, 1.807) is 0 Å². The van der Waals surface area contributed by atoms with Gasteiger partial charge in [0, 0.05) is 19.3 Å². The number of carbonyl (C=O) groups is 2. The average molecular weight is 238 g/mol. The highest BCUT2D eigenvalue weighted by Gasteiger charge is 2.41. The number of rotatable bonds is 2. The highest BCUT2D eigenvalue weighted by molar-refractivity contribution is 5.81. The molecule has 2 rings (SSSR count). The largest absolute Gasteiger partial charge is 0.460 e. The first kappa shape index (κ1) is 12.6. The Morgan fingerprint density at radius 2 is 1.76 bits per heavy atom. The molecule has 17 heavy (non-hydrogen) atoms. The maximum atomic E-state index is 11.7. The van der Waals surface area contributed by atoms with Crippen LogP contribution in [0, 0.1) is 17.8 Å². The van der Waals surface area contributed by atoms with E-state index in [-0.39, 0.29) is 11.6 Å². The standard InChI is InChI=1S/C14H22O3/c1-14(2,3)17-13(16)6-9-4-10-7-12(15)8-11(10)5-9/h9-11H,4-8H2,1-3H3/t10-,11-/m0/s1. The van der Waals surface area contributed by atoms with Crippen LogP contribution in [0.5, 0.6) is 0 Å². The minimum atomic E-state index is -0.387. The highest BCUT2D eigenvalue weighted by Crippen LogP contribution is 2.46. The Balaban J connectivity index is 1.79. The number of hydrogen-bond donors (Lipinski definition) is 0. The van der Waals surface area contributed by atoms with E-state index in [1.807, 2.05) is 20.8 Å². The molecule has 0 amide bonds. The summed E-state index contributed by atoms with van der Waals surface area (Å²) in [5, 5.41) is 0. The predicted molar refractivity (Wildman–Crippen MR) is 64.4 cm³/mol. The minimum Gasteiger partial charge on any atom is -0.460 e. The third kappa shape index (κ3) is 3.30. The second-order valence-electron chi connectivity index (χ2n) is 6.60. The van der Waals surface area contributed by atoms with Gasteiger partial charge in [-0.25, -0.2) is 0 Å². The van der Waals surface area contributed by atoms with Gasteiger partial charge in [0.05, 0.1) is 0 Å². The van der Waals surface area contributed by atoms with Crippen LogP contribution in [0.2, 0.25) is 0 Å². The van der Waals surface area contributed by atoms with Gasteiger partial charge in [0.1, 0.15) is 11.4 Å². The summed E-state index contributed by atoms with van der Waals surface area (Å²) >= 11 is 0. The van der Waals surface area contributed by atoms with E-state index >= 15 is 0 Å².